The van der Waals surface area contributed by atoms with Crippen LogP contribution >= 0.6 is 0 Å². The van der Waals surface area contributed by atoms with Crippen molar-refractivity contribution in [1.29, 1.82) is 0 Å². The Morgan fingerprint density at radius 2 is 1.95 bits per heavy atom. The van der Waals surface area contributed by atoms with Crippen LogP contribution < -0.4 is 5.32 Å². The molecule has 1 fully saturated rings. The number of rotatable bonds is 5. The predicted octanol–water partition coefficient (Wildman–Crippen LogP) is 4.22. The molecule has 0 heterocycles. The van der Waals surface area contributed by atoms with Crippen LogP contribution in [0.15, 0.2) is 18.2 Å². The highest BCUT2D eigenvalue weighted by molar-refractivity contribution is 5.95. The summed E-state index contributed by atoms with van der Waals surface area (Å²) in [5, 5.41) is 3.32. The number of carbonyl (C=O) groups excluding carboxylic acids is 1. The molecule has 0 spiro atoms. The van der Waals surface area contributed by atoms with Gasteiger partial charge in [-0.2, -0.15) is 0 Å². The van der Waals surface area contributed by atoms with Crippen LogP contribution in [-0.2, 0) is 0 Å². The Kier molecular flexibility index (Phi) is 5.66. The zero-order valence-corrected chi connectivity index (χ0v) is 13.6. The molecule has 1 aromatic rings. The summed E-state index contributed by atoms with van der Waals surface area (Å²) in [5.41, 5.74) is 3.08. The molecule has 1 aromatic carbocycles. The zero-order valence-electron chi connectivity index (χ0n) is 13.6. The van der Waals surface area contributed by atoms with Crippen molar-refractivity contribution in [2.75, 3.05) is 18.4 Å². The highest BCUT2D eigenvalue weighted by Gasteiger charge is 2.25. The normalized spacial score (nSPS) is 15.8. The lowest BCUT2D eigenvalue weighted by Crippen LogP contribution is -2.41. The van der Waals surface area contributed by atoms with E-state index in [1.807, 2.05) is 18.2 Å². The van der Waals surface area contributed by atoms with Gasteiger partial charge in [-0.3, -0.25) is 4.79 Å². The molecule has 0 aliphatic heterocycles. The zero-order chi connectivity index (χ0) is 15.2. The first-order valence-electron chi connectivity index (χ1n) is 8.32. The average molecular weight is 288 g/mol. The van der Waals surface area contributed by atoms with Crippen LogP contribution in [0.25, 0.3) is 0 Å². The van der Waals surface area contributed by atoms with Crippen molar-refractivity contribution in [2.45, 2.75) is 58.9 Å². The summed E-state index contributed by atoms with van der Waals surface area (Å²) in [5.74, 6) is 0.190. The van der Waals surface area contributed by atoms with Gasteiger partial charge in [0.1, 0.15) is 0 Å². The van der Waals surface area contributed by atoms with Gasteiger partial charge in [0.05, 0.1) is 0 Å². The molecule has 21 heavy (non-hydrogen) atoms. The molecule has 1 amide bonds. The van der Waals surface area contributed by atoms with Crippen LogP contribution in [0.1, 0.15) is 61.9 Å². The number of nitrogens with one attached hydrogen (secondary N) is 1. The van der Waals surface area contributed by atoms with E-state index in [0.717, 1.165) is 42.7 Å². The Morgan fingerprint density at radius 1 is 1.24 bits per heavy atom. The van der Waals surface area contributed by atoms with Gasteiger partial charge in [0, 0.05) is 30.4 Å². The third-order valence-corrected chi connectivity index (χ3v) is 4.46. The Balaban J connectivity index is 2.15. The molecule has 2 rings (SSSR count). The van der Waals surface area contributed by atoms with Crippen LogP contribution in [-0.4, -0.2) is 29.9 Å². The standard InChI is InChI=1S/C18H28N2O/c1-4-19-17-12-11-15(13-14(17)3)18(21)20(5-2)16-9-7-6-8-10-16/h11-13,16,19H,4-10H2,1-3H3. The predicted molar refractivity (Wildman–Crippen MR) is 88.9 cm³/mol. The quantitative estimate of drug-likeness (QED) is 0.879. The summed E-state index contributed by atoms with van der Waals surface area (Å²) in [4.78, 5) is 14.9. The van der Waals surface area contributed by atoms with E-state index in [1.165, 1.54) is 19.3 Å². The SMILES string of the molecule is CCNc1ccc(C(=O)N(CC)C2CCCCC2)cc1C. The number of aryl methyl sites for hydroxylation is 1. The second-order valence-corrected chi connectivity index (χ2v) is 5.94. The minimum Gasteiger partial charge on any atom is -0.385 e. The summed E-state index contributed by atoms with van der Waals surface area (Å²) in [6.45, 7) is 7.94. The molecule has 1 N–H and O–H groups in total. The second kappa shape index (κ2) is 7.48. The Morgan fingerprint density at radius 3 is 2.52 bits per heavy atom. The van der Waals surface area contributed by atoms with Crippen molar-refractivity contribution in [3.63, 3.8) is 0 Å². The molecule has 0 radical (unpaired) electrons. The summed E-state index contributed by atoms with van der Waals surface area (Å²) in [6.07, 6.45) is 6.15. The minimum atomic E-state index is 0.190. The van der Waals surface area contributed by atoms with Crippen LogP contribution in [0.5, 0.6) is 0 Å². The van der Waals surface area contributed by atoms with E-state index in [4.69, 9.17) is 0 Å². The molecule has 3 nitrogen and oxygen atoms in total. The first-order chi connectivity index (χ1) is 10.2. The van der Waals surface area contributed by atoms with E-state index in [-0.39, 0.29) is 5.91 Å². The Labute approximate surface area is 128 Å². The number of carbonyl (C=O) groups is 1. The lowest BCUT2D eigenvalue weighted by atomic mass is 9.93. The molecule has 1 saturated carbocycles. The van der Waals surface area contributed by atoms with Crippen LogP contribution in [0.2, 0.25) is 0 Å². The van der Waals surface area contributed by atoms with Gasteiger partial charge >= 0.3 is 0 Å². The van der Waals surface area contributed by atoms with Crippen molar-refractivity contribution in [1.82, 2.24) is 4.90 Å². The molecule has 0 aromatic heterocycles. The fourth-order valence-corrected chi connectivity index (χ4v) is 3.31. The van der Waals surface area contributed by atoms with Crippen LogP contribution in [0.4, 0.5) is 5.69 Å². The summed E-state index contributed by atoms with van der Waals surface area (Å²) in [6, 6.07) is 6.44. The van der Waals surface area contributed by atoms with Crippen LogP contribution in [0, 0.1) is 6.92 Å². The summed E-state index contributed by atoms with van der Waals surface area (Å²) in [7, 11) is 0. The Hall–Kier alpha value is -1.51. The molecule has 0 bridgehead atoms. The summed E-state index contributed by atoms with van der Waals surface area (Å²) >= 11 is 0. The topological polar surface area (TPSA) is 32.3 Å². The van der Waals surface area contributed by atoms with Crippen molar-refractivity contribution in [3.05, 3.63) is 29.3 Å². The van der Waals surface area contributed by atoms with Crippen molar-refractivity contribution in [2.24, 2.45) is 0 Å². The van der Waals surface area contributed by atoms with Crippen molar-refractivity contribution >= 4 is 11.6 Å². The number of nitrogens with zero attached hydrogens (tertiary/aromatic N) is 1. The average Bonchev–Trinajstić information content (AvgIpc) is 2.51. The number of amides is 1. The lowest BCUT2D eigenvalue weighted by molar-refractivity contribution is 0.0648. The van der Waals surface area contributed by atoms with Gasteiger partial charge in [0.15, 0.2) is 0 Å². The van der Waals surface area contributed by atoms with Gasteiger partial charge in [-0.05, 0) is 57.4 Å². The molecular weight excluding hydrogens is 260 g/mol. The maximum Gasteiger partial charge on any atom is 0.254 e. The number of hydrogen-bond donors (Lipinski definition) is 1. The first kappa shape index (κ1) is 15.9. The molecule has 1 aliphatic rings. The number of hydrogen-bond acceptors (Lipinski definition) is 2. The maximum absolute atomic E-state index is 12.8. The molecule has 0 unspecified atom stereocenters. The minimum absolute atomic E-state index is 0.190. The van der Waals surface area contributed by atoms with E-state index < -0.39 is 0 Å². The first-order valence-corrected chi connectivity index (χ1v) is 8.32. The fourth-order valence-electron chi connectivity index (χ4n) is 3.31. The monoisotopic (exact) mass is 288 g/mol. The highest BCUT2D eigenvalue weighted by Crippen LogP contribution is 2.25. The molecular formula is C18H28N2O. The molecule has 0 saturated heterocycles. The van der Waals surface area contributed by atoms with Crippen LogP contribution in [0.3, 0.4) is 0 Å². The molecule has 0 atom stereocenters. The lowest BCUT2D eigenvalue weighted by Gasteiger charge is -2.33. The van der Waals surface area contributed by atoms with E-state index in [1.54, 1.807) is 0 Å². The molecule has 1 aliphatic carbocycles. The molecule has 3 heteroatoms. The maximum atomic E-state index is 12.8. The van der Waals surface area contributed by atoms with E-state index in [0.29, 0.717) is 6.04 Å². The van der Waals surface area contributed by atoms with Gasteiger partial charge in [0.2, 0.25) is 0 Å². The third-order valence-electron chi connectivity index (χ3n) is 4.46. The second-order valence-electron chi connectivity index (χ2n) is 5.94. The van der Waals surface area contributed by atoms with Crippen molar-refractivity contribution < 1.29 is 4.79 Å². The van der Waals surface area contributed by atoms with Crippen molar-refractivity contribution in [3.8, 4) is 0 Å². The van der Waals surface area contributed by atoms with E-state index in [2.05, 4.69) is 31.0 Å². The third kappa shape index (κ3) is 3.78. The molecule has 116 valence electrons. The van der Waals surface area contributed by atoms with E-state index in [9.17, 15) is 4.79 Å². The number of anilines is 1. The Bertz CT molecular complexity index is 478. The largest absolute Gasteiger partial charge is 0.385 e. The smallest absolute Gasteiger partial charge is 0.254 e. The number of benzene rings is 1. The van der Waals surface area contributed by atoms with Gasteiger partial charge in [-0.15, -0.1) is 0 Å². The van der Waals surface area contributed by atoms with Gasteiger partial charge in [0.25, 0.3) is 5.91 Å². The summed E-state index contributed by atoms with van der Waals surface area (Å²) < 4.78 is 0. The highest BCUT2D eigenvalue weighted by atomic mass is 16.2. The van der Waals surface area contributed by atoms with Gasteiger partial charge < -0.3 is 10.2 Å². The van der Waals surface area contributed by atoms with E-state index >= 15 is 0 Å². The van der Waals surface area contributed by atoms with Gasteiger partial charge in [-0.1, -0.05) is 19.3 Å². The fraction of sp³-hybridized carbons (Fsp3) is 0.611. The van der Waals surface area contributed by atoms with Gasteiger partial charge in [-0.25, -0.2) is 0 Å².